The van der Waals surface area contributed by atoms with Gasteiger partial charge in [-0.3, -0.25) is 4.18 Å². The summed E-state index contributed by atoms with van der Waals surface area (Å²) in [6.07, 6.45) is 2.80. The Kier molecular flexibility index (Phi) is 4.33. The molecule has 0 amide bonds. The molecule has 0 spiro atoms. The minimum absolute atomic E-state index is 0.107. The predicted molar refractivity (Wildman–Crippen MR) is 84.0 cm³/mol. The van der Waals surface area contributed by atoms with Crippen molar-refractivity contribution in [2.24, 2.45) is 11.8 Å². The molecule has 2 aliphatic rings. The van der Waals surface area contributed by atoms with Gasteiger partial charge in [0, 0.05) is 12.0 Å². The van der Waals surface area contributed by atoms with Crippen molar-refractivity contribution in [3.05, 3.63) is 16.5 Å². The van der Waals surface area contributed by atoms with Crippen LogP contribution in [0.4, 0.5) is 0 Å². The van der Waals surface area contributed by atoms with Crippen LogP contribution < -0.4 is 4.72 Å². The van der Waals surface area contributed by atoms with E-state index in [0.29, 0.717) is 10.8 Å². The number of nitrogens with one attached hydrogen (secondary N) is 1. The molecule has 1 N–H and O–H groups in total. The molecule has 0 aromatic carbocycles. The SMILES string of the molecule is CS(=O)(=O)OC1CC2CCC1C2NS(=O)(=O)c1ccc(Cl)s1. The molecule has 0 aliphatic heterocycles. The molecule has 2 bridgehead atoms. The van der Waals surface area contributed by atoms with Crippen molar-refractivity contribution in [3.8, 4) is 0 Å². The Hall–Kier alpha value is -0.190. The van der Waals surface area contributed by atoms with Crippen LogP contribution in [0.2, 0.25) is 4.34 Å². The topological polar surface area (TPSA) is 89.5 Å². The van der Waals surface area contributed by atoms with Crippen molar-refractivity contribution in [1.82, 2.24) is 4.72 Å². The maximum atomic E-state index is 12.4. The number of hydrogen-bond acceptors (Lipinski definition) is 6. The Morgan fingerprint density at radius 2 is 2.00 bits per heavy atom. The molecule has 2 aliphatic carbocycles. The van der Waals surface area contributed by atoms with E-state index in [1.54, 1.807) is 6.07 Å². The summed E-state index contributed by atoms with van der Waals surface area (Å²) in [5, 5.41) is 0. The fraction of sp³-hybridized carbons (Fsp3) is 0.667. The van der Waals surface area contributed by atoms with E-state index in [9.17, 15) is 16.8 Å². The summed E-state index contributed by atoms with van der Waals surface area (Å²) < 4.78 is 55.8. The van der Waals surface area contributed by atoms with Gasteiger partial charge < -0.3 is 0 Å². The molecule has 1 aromatic heterocycles. The van der Waals surface area contributed by atoms with E-state index in [1.807, 2.05) is 0 Å². The van der Waals surface area contributed by atoms with Gasteiger partial charge in [-0.2, -0.15) is 8.42 Å². The summed E-state index contributed by atoms with van der Waals surface area (Å²) in [6, 6.07) is 2.73. The van der Waals surface area contributed by atoms with Crippen LogP contribution in [0.3, 0.4) is 0 Å². The minimum atomic E-state index is -3.64. The second-order valence-electron chi connectivity index (χ2n) is 5.78. The number of sulfonamides is 1. The molecule has 0 radical (unpaired) electrons. The molecule has 6 nitrogen and oxygen atoms in total. The lowest BCUT2D eigenvalue weighted by molar-refractivity contribution is 0.144. The molecular formula is C12H16ClNO5S3. The minimum Gasteiger partial charge on any atom is -0.267 e. The molecule has 1 aromatic rings. The Bertz CT molecular complexity index is 772. The highest BCUT2D eigenvalue weighted by Gasteiger charge is 2.51. The lowest BCUT2D eigenvalue weighted by atomic mass is 9.98. The first-order valence-corrected chi connectivity index (χ1v) is 11.3. The third-order valence-corrected chi connectivity index (χ3v) is 8.03. The lowest BCUT2D eigenvalue weighted by Crippen LogP contribution is -2.39. The molecule has 22 heavy (non-hydrogen) atoms. The second kappa shape index (κ2) is 5.71. The van der Waals surface area contributed by atoms with Gasteiger partial charge in [0.05, 0.1) is 16.7 Å². The van der Waals surface area contributed by atoms with Crippen LogP contribution in [0.5, 0.6) is 0 Å². The standard InChI is InChI=1S/C12H16ClNO5S3/c1-21(15,16)19-9-6-7-2-3-8(9)12(7)14-22(17,18)11-5-4-10(13)20-11/h4-5,7-9,12,14H,2-3,6H2,1H3. The fourth-order valence-corrected chi connectivity index (χ4v) is 6.99. The predicted octanol–water partition coefficient (Wildman–Crippen LogP) is 1.82. The van der Waals surface area contributed by atoms with E-state index in [1.165, 1.54) is 6.07 Å². The average molecular weight is 386 g/mol. The zero-order chi connectivity index (χ0) is 16.1. The Balaban J connectivity index is 1.76. The van der Waals surface area contributed by atoms with Gasteiger partial charge >= 0.3 is 0 Å². The van der Waals surface area contributed by atoms with Crippen LogP contribution in [0.25, 0.3) is 0 Å². The molecule has 4 unspecified atom stereocenters. The van der Waals surface area contributed by atoms with Crippen molar-refractivity contribution in [3.63, 3.8) is 0 Å². The molecule has 4 atom stereocenters. The third kappa shape index (κ3) is 3.34. The Morgan fingerprint density at radius 3 is 2.59 bits per heavy atom. The van der Waals surface area contributed by atoms with Crippen LogP contribution in [-0.4, -0.2) is 35.2 Å². The van der Waals surface area contributed by atoms with E-state index < -0.39 is 26.2 Å². The zero-order valence-electron chi connectivity index (χ0n) is 11.7. The quantitative estimate of drug-likeness (QED) is 0.781. The highest BCUT2D eigenvalue weighted by atomic mass is 35.5. The van der Waals surface area contributed by atoms with Crippen LogP contribution >= 0.6 is 22.9 Å². The molecule has 0 saturated heterocycles. The van der Waals surface area contributed by atoms with Gasteiger partial charge in [-0.05, 0) is 37.3 Å². The fourth-order valence-electron chi connectivity index (χ4n) is 3.47. The van der Waals surface area contributed by atoms with Crippen molar-refractivity contribution in [2.45, 2.75) is 35.6 Å². The second-order valence-corrected chi connectivity index (χ2v) is 11.0. The molecule has 124 valence electrons. The van der Waals surface area contributed by atoms with Gasteiger partial charge in [0.25, 0.3) is 10.1 Å². The van der Waals surface area contributed by atoms with Crippen molar-refractivity contribution in [1.29, 1.82) is 0 Å². The first-order chi connectivity index (χ1) is 10.2. The monoisotopic (exact) mass is 385 g/mol. The van der Waals surface area contributed by atoms with Gasteiger partial charge in [0.2, 0.25) is 10.0 Å². The van der Waals surface area contributed by atoms with Crippen molar-refractivity contribution >= 4 is 43.1 Å². The van der Waals surface area contributed by atoms with Gasteiger partial charge in [0.1, 0.15) is 4.21 Å². The Labute approximate surface area is 139 Å². The van der Waals surface area contributed by atoms with Gasteiger partial charge in [-0.1, -0.05) is 11.6 Å². The lowest BCUT2D eigenvalue weighted by Gasteiger charge is -2.21. The largest absolute Gasteiger partial charge is 0.267 e. The van der Waals surface area contributed by atoms with E-state index in [-0.39, 0.29) is 22.1 Å². The smallest absolute Gasteiger partial charge is 0.264 e. The van der Waals surface area contributed by atoms with Crippen LogP contribution in [0.1, 0.15) is 19.3 Å². The average Bonchev–Trinajstić information content (AvgIpc) is 3.03. The summed E-state index contributed by atoms with van der Waals surface area (Å²) in [6.45, 7) is 0. The summed E-state index contributed by atoms with van der Waals surface area (Å²) in [4.78, 5) is 0. The normalized spacial score (nSPS) is 31.7. The van der Waals surface area contributed by atoms with Crippen LogP contribution in [0, 0.1) is 11.8 Å². The maximum Gasteiger partial charge on any atom is 0.264 e. The molecule has 3 rings (SSSR count). The number of rotatable bonds is 5. The molecule has 2 saturated carbocycles. The maximum absolute atomic E-state index is 12.4. The van der Waals surface area contributed by atoms with Crippen LogP contribution in [-0.2, 0) is 24.3 Å². The third-order valence-electron chi connectivity index (χ3n) is 4.26. The number of thiophene rings is 1. The number of halogens is 1. The molecular weight excluding hydrogens is 370 g/mol. The van der Waals surface area contributed by atoms with Gasteiger partial charge in [-0.25, -0.2) is 13.1 Å². The van der Waals surface area contributed by atoms with E-state index in [2.05, 4.69) is 4.72 Å². The van der Waals surface area contributed by atoms with Gasteiger partial charge in [-0.15, -0.1) is 11.3 Å². The van der Waals surface area contributed by atoms with E-state index >= 15 is 0 Å². The molecule has 10 heteroatoms. The Morgan fingerprint density at radius 1 is 1.27 bits per heavy atom. The molecule has 2 fully saturated rings. The van der Waals surface area contributed by atoms with E-state index in [4.69, 9.17) is 15.8 Å². The molecule has 1 heterocycles. The number of hydrogen-bond donors (Lipinski definition) is 1. The first kappa shape index (κ1) is 16.7. The summed E-state index contributed by atoms with van der Waals surface area (Å²) >= 11 is 6.79. The van der Waals surface area contributed by atoms with E-state index in [0.717, 1.165) is 30.4 Å². The van der Waals surface area contributed by atoms with Crippen molar-refractivity contribution < 1.29 is 21.0 Å². The summed E-state index contributed by atoms with van der Waals surface area (Å²) in [5.74, 6) is 0.00638. The zero-order valence-corrected chi connectivity index (χ0v) is 14.9. The summed E-state index contributed by atoms with van der Waals surface area (Å²) in [5.41, 5.74) is 0. The highest BCUT2D eigenvalue weighted by Crippen LogP contribution is 2.47. The summed E-state index contributed by atoms with van der Waals surface area (Å²) in [7, 11) is -7.18. The van der Waals surface area contributed by atoms with Gasteiger partial charge in [0.15, 0.2) is 0 Å². The highest BCUT2D eigenvalue weighted by molar-refractivity contribution is 7.91. The first-order valence-electron chi connectivity index (χ1n) is 6.82. The van der Waals surface area contributed by atoms with Crippen molar-refractivity contribution in [2.75, 3.05) is 6.26 Å². The number of fused-ring (bicyclic) bond motifs is 2. The van der Waals surface area contributed by atoms with Crippen LogP contribution in [0.15, 0.2) is 16.3 Å².